The summed E-state index contributed by atoms with van der Waals surface area (Å²) in [5, 5.41) is 2.53. The van der Waals surface area contributed by atoms with Gasteiger partial charge in [0.25, 0.3) is 5.91 Å². The van der Waals surface area contributed by atoms with Gasteiger partial charge in [0.1, 0.15) is 18.4 Å². The maximum absolute atomic E-state index is 13.1. The molecule has 0 aromatic heterocycles. The summed E-state index contributed by atoms with van der Waals surface area (Å²) in [6.45, 7) is -0.00831. The van der Waals surface area contributed by atoms with Crippen LogP contribution in [0.15, 0.2) is 53.4 Å². The van der Waals surface area contributed by atoms with E-state index in [-0.39, 0.29) is 35.6 Å². The van der Waals surface area contributed by atoms with Crippen molar-refractivity contribution in [3.63, 3.8) is 0 Å². The van der Waals surface area contributed by atoms with E-state index in [0.717, 1.165) is 12.1 Å². The molecule has 0 saturated carbocycles. The van der Waals surface area contributed by atoms with Gasteiger partial charge in [-0.15, -0.1) is 0 Å². The van der Waals surface area contributed by atoms with Crippen LogP contribution in [0.3, 0.4) is 0 Å². The highest BCUT2D eigenvalue weighted by atomic mass is 32.2. The Morgan fingerprint density at radius 1 is 1.09 bits per heavy atom. The van der Waals surface area contributed by atoms with Gasteiger partial charge in [0.2, 0.25) is 11.8 Å². The summed E-state index contributed by atoms with van der Waals surface area (Å²) in [5.41, 5.74) is 0.725. The number of halogens is 1. The minimum atomic E-state index is -3.70. The van der Waals surface area contributed by atoms with Crippen LogP contribution >= 0.6 is 0 Å². The summed E-state index contributed by atoms with van der Waals surface area (Å²) >= 11 is 0. The van der Waals surface area contributed by atoms with Crippen molar-refractivity contribution in [3.8, 4) is 0 Å². The molecule has 1 unspecified atom stereocenters. The molecule has 1 fully saturated rings. The third-order valence-corrected chi connectivity index (χ3v) is 7.39. The van der Waals surface area contributed by atoms with Crippen LogP contribution in [-0.2, 0) is 19.4 Å². The zero-order chi connectivity index (χ0) is 22.9. The van der Waals surface area contributed by atoms with Crippen LogP contribution in [0.5, 0.6) is 0 Å². The fraction of sp³-hybridized carbons (Fsp3) is 0.318. The number of benzene rings is 2. The number of carbonyl (C=O) groups is 3. The quantitative estimate of drug-likeness (QED) is 0.657. The zero-order valence-electron chi connectivity index (χ0n) is 17.2. The molecule has 0 radical (unpaired) electrons. The molecule has 8 nitrogen and oxygen atoms in total. The molecule has 0 aliphatic carbocycles. The van der Waals surface area contributed by atoms with Crippen LogP contribution in [0.2, 0.25) is 0 Å². The lowest BCUT2D eigenvalue weighted by Crippen LogP contribution is -2.48. The Hall–Kier alpha value is -3.27. The third kappa shape index (κ3) is 4.22. The van der Waals surface area contributed by atoms with Gasteiger partial charge in [-0.25, -0.2) is 12.8 Å². The van der Waals surface area contributed by atoms with Gasteiger partial charge in [0.15, 0.2) is 9.84 Å². The van der Waals surface area contributed by atoms with Gasteiger partial charge in [-0.1, -0.05) is 12.1 Å². The topological polar surface area (TPSA) is 104 Å². The lowest BCUT2D eigenvalue weighted by atomic mass is 10.1. The number of fused-ring (bicyclic) bond motifs is 2. The number of nitrogens with one attached hydrogen (secondary N) is 1. The minimum absolute atomic E-state index is 0.0374. The first kappa shape index (κ1) is 21.9. The Morgan fingerprint density at radius 2 is 1.81 bits per heavy atom. The molecule has 2 heterocycles. The summed E-state index contributed by atoms with van der Waals surface area (Å²) < 4.78 is 37.7. The number of amides is 3. The van der Waals surface area contributed by atoms with Crippen molar-refractivity contribution in [2.24, 2.45) is 0 Å². The van der Waals surface area contributed by atoms with Crippen LogP contribution in [0.25, 0.3) is 0 Å². The molecule has 2 aliphatic rings. The van der Waals surface area contributed by atoms with Gasteiger partial charge in [-0.05, 0) is 49.2 Å². The molecular weight excluding hydrogens is 437 g/mol. The van der Waals surface area contributed by atoms with E-state index in [1.807, 2.05) is 0 Å². The number of hydrogen-bond donors (Lipinski definition) is 1. The third-order valence-electron chi connectivity index (χ3n) is 5.66. The van der Waals surface area contributed by atoms with Crippen LogP contribution in [-0.4, -0.2) is 62.5 Å². The second kappa shape index (κ2) is 8.70. The predicted octanol–water partition coefficient (Wildman–Crippen LogP) is 1.37. The van der Waals surface area contributed by atoms with Crippen molar-refractivity contribution in [1.29, 1.82) is 0 Å². The average molecular weight is 459 g/mol. The number of nitrogens with zero attached hydrogens (tertiary/aromatic N) is 2. The van der Waals surface area contributed by atoms with Gasteiger partial charge in [0, 0.05) is 13.1 Å². The molecule has 32 heavy (non-hydrogen) atoms. The number of sulfone groups is 1. The smallest absolute Gasteiger partial charge is 0.256 e. The second-order valence-corrected chi connectivity index (χ2v) is 9.83. The first-order chi connectivity index (χ1) is 15.3. The van der Waals surface area contributed by atoms with E-state index in [4.69, 9.17) is 0 Å². The Balaban J connectivity index is 1.45. The van der Waals surface area contributed by atoms with Crippen molar-refractivity contribution < 1.29 is 27.2 Å². The Morgan fingerprint density at radius 3 is 2.56 bits per heavy atom. The van der Waals surface area contributed by atoms with Crippen molar-refractivity contribution in [2.75, 3.05) is 30.3 Å². The standard InChI is InChI=1S/C22H22FN3O5S/c23-15-7-9-16(10-8-15)32(30,31)13-11-24-20(27)14-26-18-5-2-1-4-17(18)21(28)25-12-3-6-19(25)22(26)29/h1-2,4-5,7-10,19H,3,6,11-14H2,(H,24,27). The van der Waals surface area contributed by atoms with Crippen molar-refractivity contribution >= 4 is 33.2 Å². The van der Waals surface area contributed by atoms with E-state index in [9.17, 15) is 27.2 Å². The predicted molar refractivity (Wildman–Crippen MR) is 114 cm³/mol. The molecule has 0 bridgehead atoms. The van der Waals surface area contributed by atoms with Crippen LogP contribution < -0.4 is 10.2 Å². The normalized spacial score (nSPS) is 18.2. The van der Waals surface area contributed by atoms with Crippen molar-refractivity contribution in [2.45, 2.75) is 23.8 Å². The lowest BCUT2D eigenvalue weighted by Gasteiger charge is -2.25. The van der Waals surface area contributed by atoms with E-state index in [1.54, 1.807) is 29.2 Å². The lowest BCUT2D eigenvalue weighted by molar-refractivity contribution is -0.125. The molecule has 2 aliphatic heterocycles. The number of para-hydroxylation sites is 1. The Bertz CT molecular complexity index is 1170. The molecule has 4 rings (SSSR count). The van der Waals surface area contributed by atoms with E-state index in [2.05, 4.69) is 5.32 Å². The largest absolute Gasteiger partial charge is 0.354 e. The number of anilines is 1. The van der Waals surface area contributed by atoms with Crippen LogP contribution in [0, 0.1) is 5.82 Å². The fourth-order valence-corrected chi connectivity index (χ4v) is 5.21. The van der Waals surface area contributed by atoms with Crippen LogP contribution in [0.1, 0.15) is 23.2 Å². The van der Waals surface area contributed by atoms with Gasteiger partial charge in [-0.2, -0.15) is 0 Å². The molecule has 168 valence electrons. The Labute approximate surface area is 184 Å². The summed E-state index contributed by atoms with van der Waals surface area (Å²) in [5.74, 6) is -2.01. The Kier molecular flexibility index (Phi) is 5.96. The van der Waals surface area contributed by atoms with Gasteiger partial charge in [0.05, 0.1) is 21.9 Å². The summed E-state index contributed by atoms with van der Waals surface area (Å²) in [4.78, 5) is 41.4. The van der Waals surface area contributed by atoms with E-state index < -0.39 is 27.6 Å². The van der Waals surface area contributed by atoms with E-state index in [1.165, 1.54) is 17.0 Å². The van der Waals surface area contributed by atoms with Gasteiger partial charge < -0.3 is 15.1 Å². The number of rotatable bonds is 6. The van der Waals surface area contributed by atoms with Gasteiger partial charge >= 0.3 is 0 Å². The van der Waals surface area contributed by atoms with E-state index in [0.29, 0.717) is 30.6 Å². The molecule has 1 atom stereocenters. The number of hydrogen-bond acceptors (Lipinski definition) is 5. The SMILES string of the molecule is O=C(CN1C(=O)C2CCCN2C(=O)c2ccccc21)NCCS(=O)(=O)c1ccc(F)cc1. The maximum atomic E-state index is 13.1. The van der Waals surface area contributed by atoms with Crippen LogP contribution in [0.4, 0.5) is 10.1 Å². The molecule has 1 N–H and O–H groups in total. The molecule has 1 saturated heterocycles. The highest BCUT2D eigenvalue weighted by Crippen LogP contribution is 2.32. The summed E-state index contributed by atoms with van der Waals surface area (Å²) in [6.07, 6.45) is 1.25. The molecule has 3 amide bonds. The molecule has 10 heteroatoms. The van der Waals surface area contributed by atoms with E-state index >= 15 is 0 Å². The molecule has 2 aromatic rings. The van der Waals surface area contributed by atoms with Crippen molar-refractivity contribution in [1.82, 2.24) is 10.2 Å². The highest BCUT2D eigenvalue weighted by Gasteiger charge is 2.42. The first-order valence-corrected chi connectivity index (χ1v) is 11.9. The summed E-state index contributed by atoms with van der Waals surface area (Å²) in [6, 6.07) is 10.5. The average Bonchev–Trinajstić information content (AvgIpc) is 3.24. The minimum Gasteiger partial charge on any atom is -0.354 e. The monoisotopic (exact) mass is 459 g/mol. The maximum Gasteiger partial charge on any atom is 0.256 e. The molecule has 2 aromatic carbocycles. The molecular formula is C22H22FN3O5S. The van der Waals surface area contributed by atoms with Gasteiger partial charge in [-0.3, -0.25) is 14.4 Å². The molecule has 0 spiro atoms. The highest BCUT2D eigenvalue weighted by molar-refractivity contribution is 7.91. The number of carbonyl (C=O) groups excluding carboxylic acids is 3. The van der Waals surface area contributed by atoms with Crippen molar-refractivity contribution in [3.05, 3.63) is 59.9 Å². The second-order valence-electron chi connectivity index (χ2n) is 7.72. The summed E-state index contributed by atoms with van der Waals surface area (Å²) in [7, 11) is -3.70. The first-order valence-electron chi connectivity index (χ1n) is 10.2. The fourth-order valence-electron chi connectivity index (χ4n) is 4.06. The zero-order valence-corrected chi connectivity index (χ0v) is 18.0.